The van der Waals surface area contributed by atoms with Gasteiger partial charge in [0.15, 0.2) is 0 Å². The van der Waals surface area contributed by atoms with Gasteiger partial charge in [-0.1, -0.05) is 25.1 Å². The molecule has 2 aromatic carbocycles. The Bertz CT molecular complexity index is 1240. The van der Waals surface area contributed by atoms with Gasteiger partial charge in [0.05, 0.1) is 15.8 Å². The molecule has 7 heteroatoms. The maximum atomic E-state index is 13.2. The highest BCUT2D eigenvalue weighted by Gasteiger charge is 2.24. The van der Waals surface area contributed by atoms with E-state index in [4.69, 9.17) is 0 Å². The van der Waals surface area contributed by atoms with Crippen molar-refractivity contribution in [2.24, 2.45) is 0 Å². The van der Waals surface area contributed by atoms with Crippen molar-refractivity contribution in [3.05, 3.63) is 70.4 Å². The topological polar surface area (TPSA) is 64.0 Å². The van der Waals surface area contributed by atoms with Crippen LogP contribution in [0.3, 0.4) is 0 Å². The zero-order valence-corrected chi connectivity index (χ0v) is 16.2. The standard InChI is InChI=1S/C21H18FN3O2S/c1-3-16(20(26)23-14-10-8-13(22)9-11-14)25-21(27)18-15-6-4-5-7-17(15)28-19(18)12(2)24-25/h4-11,16H,3H2,1-2H3,(H,23,26)/t16-/m0/s1. The molecule has 0 saturated heterocycles. The van der Waals surface area contributed by atoms with Gasteiger partial charge in [0.1, 0.15) is 11.9 Å². The molecular weight excluding hydrogens is 377 g/mol. The maximum Gasteiger partial charge on any atom is 0.276 e. The summed E-state index contributed by atoms with van der Waals surface area (Å²) in [5.74, 6) is -0.740. The smallest absolute Gasteiger partial charge is 0.276 e. The maximum absolute atomic E-state index is 13.2. The molecule has 4 rings (SSSR count). The zero-order chi connectivity index (χ0) is 19.8. The van der Waals surface area contributed by atoms with Crippen molar-refractivity contribution >= 4 is 43.1 Å². The number of hydrogen-bond acceptors (Lipinski definition) is 4. The molecule has 0 unspecified atom stereocenters. The number of fused-ring (bicyclic) bond motifs is 3. The van der Waals surface area contributed by atoms with E-state index in [0.29, 0.717) is 23.2 Å². The lowest BCUT2D eigenvalue weighted by Gasteiger charge is -2.17. The number of amides is 1. The SMILES string of the molecule is CC[C@@H](C(=O)Nc1ccc(F)cc1)n1nc(C)c2sc3ccccc3c2c1=O. The number of rotatable bonds is 4. The normalized spacial score (nSPS) is 12.4. The Hall–Kier alpha value is -3.06. The van der Waals surface area contributed by atoms with Crippen molar-refractivity contribution in [3.8, 4) is 0 Å². The van der Waals surface area contributed by atoms with E-state index in [1.165, 1.54) is 40.3 Å². The number of carbonyl (C=O) groups is 1. The minimum absolute atomic E-state index is 0.279. The average Bonchev–Trinajstić information content (AvgIpc) is 3.08. The second-order valence-corrected chi connectivity index (χ2v) is 7.61. The molecule has 1 atom stereocenters. The molecular formula is C21H18FN3O2S. The summed E-state index contributed by atoms with van der Waals surface area (Å²) in [5, 5.41) is 8.65. The molecule has 2 heterocycles. The Morgan fingerprint density at radius 1 is 1.21 bits per heavy atom. The van der Waals surface area contributed by atoms with Crippen molar-refractivity contribution < 1.29 is 9.18 Å². The number of aromatic nitrogens is 2. The van der Waals surface area contributed by atoms with Crippen molar-refractivity contribution in [2.45, 2.75) is 26.3 Å². The zero-order valence-electron chi connectivity index (χ0n) is 15.4. The molecule has 0 saturated carbocycles. The average molecular weight is 395 g/mol. The summed E-state index contributed by atoms with van der Waals surface area (Å²) >= 11 is 1.53. The number of nitrogens with one attached hydrogen (secondary N) is 1. The highest BCUT2D eigenvalue weighted by atomic mass is 32.1. The van der Waals surface area contributed by atoms with E-state index in [1.807, 2.05) is 38.1 Å². The molecule has 0 spiro atoms. The van der Waals surface area contributed by atoms with Gasteiger partial charge in [-0.3, -0.25) is 9.59 Å². The first kappa shape index (κ1) is 18.3. The highest BCUT2D eigenvalue weighted by Crippen LogP contribution is 2.33. The number of carbonyl (C=O) groups excluding carboxylic acids is 1. The molecule has 0 fully saturated rings. The quantitative estimate of drug-likeness (QED) is 0.547. The van der Waals surface area contributed by atoms with Crippen LogP contribution in [0.4, 0.5) is 10.1 Å². The second-order valence-electron chi connectivity index (χ2n) is 6.56. The highest BCUT2D eigenvalue weighted by molar-refractivity contribution is 7.26. The third kappa shape index (κ3) is 3.07. The molecule has 1 amide bonds. The third-order valence-corrected chi connectivity index (χ3v) is 5.98. The van der Waals surface area contributed by atoms with Gasteiger partial charge in [-0.2, -0.15) is 5.10 Å². The largest absolute Gasteiger partial charge is 0.324 e. The lowest BCUT2D eigenvalue weighted by Crippen LogP contribution is -2.35. The third-order valence-electron chi connectivity index (χ3n) is 4.70. The van der Waals surface area contributed by atoms with Crippen LogP contribution in [0, 0.1) is 12.7 Å². The summed E-state index contributed by atoms with van der Waals surface area (Å²) in [7, 11) is 0. The van der Waals surface area contributed by atoms with Gasteiger partial charge < -0.3 is 5.32 Å². The molecule has 142 valence electrons. The van der Waals surface area contributed by atoms with E-state index in [-0.39, 0.29) is 17.3 Å². The van der Waals surface area contributed by atoms with Crippen LogP contribution in [-0.4, -0.2) is 15.7 Å². The van der Waals surface area contributed by atoms with E-state index >= 15 is 0 Å². The summed E-state index contributed by atoms with van der Waals surface area (Å²) in [6.45, 7) is 3.67. The Morgan fingerprint density at radius 2 is 1.93 bits per heavy atom. The minimum atomic E-state index is -0.765. The molecule has 1 N–H and O–H groups in total. The lowest BCUT2D eigenvalue weighted by molar-refractivity contribution is -0.119. The van der Waals surface area contributed by atoms with Crippen LogP contribution in [0.1, 0.15) is 25.1 Å². The van der Waals surface area contributed by atoms with Crippen LogP contribution in [0.15, 0.2) is 53.3 Å². The monoisotopic (exact) mass is 395 g/mol. The molecule has 4 aromatic rings. The molecule has 2 aromatic heterocycles. The van der Waals surface area contributed by atoms with E-state index in [2.05, 4.69) is 10.4 Å². The van der Waals surface area contributed by atoms with Gasteiger partial charge in [-0.05, 0) is 43.7 Å². The van der Waals surface area contributed by atoms with E-state index < -0.39 is 6.04 Å². The van der Waals surface area contributed by atoms with Crippen molar-refractivity contribution in [2.75, 3.05) is 5.32 Å². The van der Waals surface area contributed by atoms with Gasteiger partial charge >= 0.3 is 0 Å². The number of thiophene rings is 1. The molecule has 28 heavy (non-hydrogen) atoms. The van der Waals surface area contributed by atoms with Crippen LogP contribution in [0.25, 0.3) is 20.2 Å². The Balaban J connectivity index is 1.80. The molecule has 5 nitrogen and oxygen atoms in total. The van der Waals surface area contributed by atoms with Crippen LogP contribution < -0.4 is 10.9 Å². The number of nitrogens with zero attached hydrogens (tertiary/aromatic N) is 2. The molecule has 0 aliphatic rings. The molecule has 0 aliphatic carbocycles. The van der Waals surface area contributed by atoms with Crippen LogP contribution in [-0.2, 0) is 4.79 Å². The molecule has 0 bridgehead atoms. The van der Waals surface area contributed by atoms with Crippen molar-refractivity contribution in [1.29, 1.82) is 0 Å². The van der Waals surface area contributed by atoms with Crippen molar-refractivity contribution in [1.82, 2.24) is 9.78 Å². The van der Waals surface area contributed by atoms with Gasteiger partial charge in [-0.25, -0.2) is 9.07 Å². The Labute approximate surface area is 164 Å². The number of benzene rings is 2. The summed E-state index contributed by atoms with van der Waals surface area (Å²) < 4.78 is 16.2. The van der Waals surface area contributed by atoms with Crippen LogP contribution in [0.5, 0.6) is 0 Å². The first-order valence-electron chi connectivity index (χ1n) is 8.96. The Morgan fingerprint density at radius 3 is 2.64 bits per heavy atom. The summed E-state index contributed by atoms with van der Waals surface area (Å²) in [5.41, 5.74) is 0.902. The lowest BCUT2D eigenvalue weighted by atomic mass is 10.1. The van der Waals surface area contributed by atoms with Gasteiger partial charge in [0.2, 0.25) is 5.91 Å². The van der Waals surface area contributed by atoms with Gasteiger partial charge in [0, 0.05) is 15.8 Å². The van der Waals surface area contributed by atoms with Gasteiger partial charge in [-0.15, -0.1) is 11.3 Å². The summed E-state index contributed by atoms with van der Waals surface area (Å²) in [4.78, 5) is 26.1. The second kappa shape index (κ2) is 7.16. The Kier molecular flexibility index (Phi) is 4.68. The fourth-order valence-electron chi connectivity index (χ4n) is 3.32. The first-order valence-corrected chi connectivity index (χ1v) is 9.78. The number of hydrogen-bond donors (Lipinski definition) is 1. The number of aryl methyl sites for hydroxylation is 1. The van der Waals surface area contributed by atoms with Crippen LogP contribution in [0.2, 0.25) is 0 Å². The molecule has 0 radical (unpaired) electrons. The summed E-state index contributed by atoms with van der Waals surface area (Å²) in [6, 6.07) is 12.5. The number of anilines is 1. The first-order chi connectivity index (χ1) is 13.5. The van der Waals surface area contributed by atoms with E-state index in [1.54, 1.807) is 0 Å². The van der Waals surface area contributed by atoms with E-state index in [9.17, 15) is 14.0 Å². The predicted octanol–water partition coefficient (Wildman–Crippen LogP) is 4.65. The van der Waals surface area contributed by atoms with E-state index in [0.717, 1.165) is 14.8 Å². The van der Waals surface area contributed by atoms with Gasteiger partial charge in [0.25, 0.3) is 5.56 Å². The predicted molar refractivity (Wildman–Crippen MR) is 110 cm³/mol. The van der Waals surface area contributed by atoms with Crippen LogP contribution >= 0.6 is 11.3 Å². The summed E-state index contributed by atoms with van der Waals surface area (Å²) in [6.07, 6.45) is 0.396. The fourth-order valence-corrected chi connectivity index (χ4v) is 4.45. The minimum Gasteiger partial charge on any atom is -0.324 e. The number of halogens is 1. The molecule has 0 aliphatic heterocycles. The van der Waals surface area contributed by atoms with Crippen molar-refractivity contribution in [3.63, 3.8) is 0 Å². The fraction of sp³-hybridized carbons (Fsp3) is 0.190.